The summed E-state index contributed by atoms with van der Waals surface area (Å²) in [6, 6.07) is 8.83. The Morgan fingerprint density at radius 2 is 1.85 bits per heavy atom. The van der Waals surface area contributed by atoms with E-state index in [0.29, 0.717) is 17.4 Å². The number of nitrogens with one attached hydrogen (secondary N) is 1. The minimum Gasteiger partial charge on any atom is -0.337 e. The SMILES string of the molecule is Cc1ccc([C@]23C[C@H]2CN(C(=O)c2cnc(C4CCNCC4)nc2)C3)cc1. The van der Waals surface area contributed by atoms with Crippen molar-refractivity contribution in [2.75, 3.05) is 26.2 Å². The van der Waals surface area contributed by atoms with Gasteiger partial charge in [0.1, 0.15) is 5.82 Å². The molecule has 1 saturated carbocycles. The van der Waals surface area contributed by atoms with Crippen LogP contribution in [0.1, 0.15) is 52.5 Å². The quantitative estimate of drug-likeness (QED) is 0.912. The molecule has 1 N–H and O–H groups in total. The van der Waals surface area contributed by atoms with Gasteiger partial charge in [0.2, 0.25) is 0 Å². The summed E-state index contributed by atoms with van der Waals surface area (Å²) in [5.41, 5.74) is 3.46. The van der Waals surface area contributed by atoms with Crippen LogP contribution in [0.2, 0.25) is 0 Å². The fraction of sp³-hybridized carbons (Fsp3) is 0.500. The lowest BCUT2D eigenvalue weighted by Gasteiger charge is -2.23. The van der Waals surface area contributed by atoms with Crippen LogP contribution in [0.15, 0.2) is 36.7 Å². The molecule has 140 valence electrons. The first-order valence-corrected chi connectivity index (χ1v) is 10.0. The predicted molar refractivity (Wildman–Crippen MR) is 104 cm³/mol. The molecule has 0 radical (unpaired) electrons. The molecule has 3 aliphatic rings. The second kappa shape index (κ2) is 6.41. The number of piperidine rings is 2. The third-order valence-corrected chi connectivity index (χ3v) is 6.68. The zero-order valence-corrected chi connectivity index (χ0v) is 15.8. The number of rotatable bonds is 3. The maximum atomic E-state index is 13.0. The number of likely N-dealkylation sites (tertiary alicyclic amines) is 1. The smallest absolute Gasteiger partial charge is 0.257 e. The van der Waals surface area contributed by atoms with Gasteiger partial charge >= 0.3 is 0 Å². The highest BCUT2D eigenvalue weighted by Gasteiger charge is 2.61. The average Bonchev–Trinajstić information content (AvgIpc) is 3.29. The van der Waals surface area contributed by atoms with Crippen molar-refractivity contribution >= 4 is 5.91 Å². The Balaban J connectivity index is 1.29. The van der Waals surface area contributed by atoms with E-state index in [1.54, 1.807) is 12.4 Å². The molecule has 2 aliphatic heterocycles. The van der Waals surface area contributed by atoms with E-state index in [2.05, 4.69) is 46.5 Å². The molecule has 2 atom stereocenters. The van der Waals surface area contributed by atoms with Crippen molar-refractivity contribution < 1.29 is 4.79 Å². The number of benzene rings is 1. The molecule has 1 aromatic heterocycles. The third kappa shape index (κ3) is 2.94. The summed E-state index contributed by atoms with van der Waals surface area (Å²) >= 11 is 0. The number of carbonyl (C=O) groups excluding carboxylic acids is 1. The monoisotopic (exact) mass is 362 g/mol. The Morgan fingerprint density at radius 3 is 2.56 bits per heavy atom. The molecule has 2 aromatic rings. The van der Waals surface area contributed by atoms with Crippen LogP contribution in [-0.2, 0) is 5.41 Å². The molecule has 5 nitrogen and oxygen atoms in total. The van der Waals surface area contributed by atoms with Crippen LogP contribution in [0, 0.1) is 12.8 Å². The highest BCUT2D eigenvalue weighted by Crippen LogP contribution is 2.59. The number of aryl methyl sites for hydroxylation is 1. The van der Waals surface area contributed by atoms with Crippen LogP contribution in [0.25, 0.3) is 0 Å². The summed E-state index contributed by atoms with van der Waals surface area (Å²) in [5.74, 6) is 1.97. The first-order valence-electron chi connectivity index (χ1n) is 10.0. The van der Waals surface area contributed by atoms with Crippen molar-refractivity contribution in [3.05, 3.63) is 59.2 Å². The molecule has 1 aromatic carbocycles. The number of nitrogens with zero attached hydrogens (tertiary/aromatic N) is 3. The Bertz CT molecular complexity index is 842. The Labute approximate surface area is 160 Å². The molecule has 0 spiro atoms. The molecule has 1 amide bonds. The number of carbonyl (C=O) groups is 1. The fourth-order valence-electron chi connectivity index (χ4n) is 4.89. The van der Waals surface area contributed by atoms with Gasteiger partial charge < -0.3 is 10.2 Å². The van der Waals surface area contributed by atoms with Crippen LogP contribution in [0.5, 0.6) is 0 Å². The largest absolute Gasteiger partial charge is 0.337 e. The van der Waals surface area contributed by atoms with Gasteiger partial charge in [0.05, 0.1) is 5.56 Å². The van der Waals surface area contributed by atoms with Crippen molar-refractivity contribution in [3.63, 3.8) is 0 Å². The van der Waals surface area contributed by atoms with E-state index in [1.165, 1.54) is 17.5 Å². The molecule has 2 saturated heterocycles. The van der Waals surface area contributed by atoms with Crippen LogP contribution < -0.4 is 5.32 Å². The van der Waals surface area contributed by atoms with Crippen molar-refractivity contribution in [1.29, 1.82) is 0 Å². The average molecular weight is 362 g/mol. The van der Waals surface area contributed by atoms with Crippen LogP contribution >= 0.6 is 0 Å². The number of hydrogen-bond acceptors (Lipinski definition) is 4. The van der Waals surface area contributed by atoms with Gasteiger partial charge in [0.25, 0.3) is 5.91 Å². The van der Waals surface area contributed by atoms with Crippen molar-refractivity contribution in [2.45, 2.75) is 37.5 Å². The van der Waals surface area contributed by atoms with Gasteiger partial charge in [0, 0.05) is 36.8 Å². The summed E-state index contributed by atoms with van der Waals surface area (Å²) in [6.07, 6.45) is 6.80. The topological polar surface area (TPSA) is 58.1 Å². The first kappa shape index (κ1) is 16.9. The van der Waals surface area contributed by atoms with Crippen LogP contribution in [0.4, 0.5) is 0 Å². The first-order chi connectivity index (χ1) is 13.2. The predicted octanol–water partition coefficient (Wildman–Crippen LogP) is 2.67. The molecule has 5 heteroatoms. The molecule has 1 aliphatic carbocycles. The Morgan fingerprint density at radius 1 is 1.15 bits per heavy atom. The standard InChI is InChI=1S/C22H26N4O/c1-15-2-4-18(5-3-15)22-10-19(22)13-26(14-22)21(27)17-11-24-20(25-12-17)16-6-8-23-9-7-16/h2-5,11-12,16,19,23H,6-10,13-14H2,1H3/t19-,22+/m0/s1. The van der Waals surface area contributed by atoms with Crippen LogP contribution in [-0.4, -0.2) is 47.0 Å². The van der Waals surface area contributed by atoms with Crippen molar-refractivity contribution in [3.8, 4) is 0 Å². The van der Waals surface area contributed by atoms with E-state index in [9.17, 15) is 4.79 Å². The molecule has 3 heterocycles. The minimum atomic E-state index is 0.0746. The van der Waals surface area contributed by atoms with E-state index in [0.717, 1.165) is 44.8 Å². The van der Waals surface area contributed by atoms with Gasteiger partial charge in [-0.2, -0.15) is 0 Å². The van der Waals surface area contributed by atoms with Gasteiger partial charge in [-0.25, -0.2) is 9.97 Å². The van der Waals surface area contributed by atoms with Gasteiger partial charge in [-0.05, 0) is 50.8 Å². The summed E-state index contributed by atoms with van der Waals surface area (Å²) in [7, 11) is 0. The molecule has 5 rings (SSSR count). The van der Waals surface area contributed by atoms with Gasteiger partial charge in [-0.15, -0.1) is 0 Å². The zero-order valence-electron chi connectivity index (χ0n) is 15.8. The van der Waals surface area contributed by atoms with E-state index in [4.69, 9.17) is 0 Å². The highest BCUT2D eigenvalue weighted by molar-refractivity contribution is 5.94. The maximum absolute atomic E-state index is 13.0. The number of fused-ring (bicyclic) bond motifs is 1. The fourth-order valence-corrected chi connectivity index (χ4v) is 4.89. The summed E-state index contributed by atoms with van der Waals surface area (Å²) in [4.78, 5) is 24.0. The summed E-state index contributed by atoms with van der Waals surface area (Å²) in [5, 5.41) is 3.36. The Kier molecular flexibility index (Phi) is 4.01. The molecule has 27 heavy (non-hydrogen) atoms. The second-order valence-electron chi connectivity index (χ2n) is 8.46. The van der Waals surface area contributed by atoms with Crippen molar-refractivity contribution in [2.24, 2.45) is 5.92 Å². The van der Waals surface area contributed by atoms with Crippen LogP contribution in [0.3, 0.4) is 0 Å². The van der Waals surface area contributed by atoms with Gasteiger partial charge in [-0.3, -0.25) is 4.79 Å². The molecular weight excluding hydrogens is 336 g/mol. The lowest BCUT2D eigenvalue weighted by atomic mass is 9.94. The Hall–Kier alpha value is -2.27. The van der Waals surface area contributed by atoms with Gasteiger partial charge in [-0.1, -0.05) is 29.8 Å². The number of aromatic nitrogens is 2. The minimum absolute atomic E-state index is 0.0746. The van der Waals surface area contributed by atoms with Crippen molar-refractivity contribution in [1.82, 2.24) is 20.2 Å². The molecule has 3 fully saturated rings. The van der Waals surface area contributed by atoms with E-state index in [-0.39, 0.29) is 11.3 Å². The molecular formula is C22H26N4O. The zero-order chi connectivity index (χ0) is 18.4. The van der Waals surface area contributed by atoms with E-state index in [1.807, 2.05) is 4.90 Å². The molecule has 0 bridgehead atoms. The highest BCUT2D eigenvalue weighted by atomic mass is 16.2. The summed E-state index contributed by atoms with van der Waals surface area (Å²) < 4.78 is 0. The second-order valence-corrected chi connectivity index (χ2v) is 8.46. The van der Waals surface area contributed by atoms with Gasteiger partial charge in [0.15, 0.2) is 0 Å². The normalized spacial score (nSPS) is 27.4. The lowest BCUT2D eigenvalue weighted by Crippen LogP contribution is -2.33. The molecule has 0 unspecified atom stereocenters. The van der Waals surface area contributed by atoms with E-state index >= 15 is 0 Å². The number of amides is 1. The lowest BCUT2D eigenvalue weighted by molar-refractivity contribution is 0.0771. The number of hydrogen-bond donors (Lipinski definition) is 1. The third-order valence-electron chi connectivity index (χ3n) is 6.68. The summed E-state index contributed by atoms with van der Waals surface area (Å²) in [6.45, 7) is 5.82. The maximum Gasteiger partial charge on any atom is 0.257 e. The van der Waals surface area contributed by atoms with E-state index < -0.39 is 0 Å².